The van der Waals surface area contributed by atoms with Crippen molar-refractivity contribution < 1.29 is 0 Å². The van der Waals surface area contributed by atoms with Crippen LogP contribution in [0, 0.1) is 0 Å². The number of hydrogen-bond donors (Lipinski definition) is 1. The molecular weight excluding hydrogens is 224 g/mol. The summed E-state index contributed by atoms with van der Waals surface area (Å²) in [6.07, 6.45) is 6.46. The minimum atomic E-state index is 0.322. The molecule has 2 unspecified atom stereocenters. The molecule has 0 spiro atoms. The predicted octanol–water partition coefficient (Wildman–Crippen LogP) is 2.25. The molecule has 0 bridgehead atoms. The summed E-state index contributed by atoms with van der Waals surface area (Å²) in [4.78, 5) is 0. The van der Waals surface area contributed by atoms with E-state index in [4.69, 9.17) is 5.73 Å². The van der Waals surface area contributed by atoms with Crippen molar-refractivity contribution in [3.8, 4) is 5.69 Å². The summed E-state index contributed by atoms with van der Waals surface area (Å²) in [7, 11) is 0. The molecule has 4 heteroatoms. The van der Waals surface area contributed by atoms with Gasteiger partial charge in [-0.3, -0.25) is 0 Å². The molecule has 1 saturated carbocycles. The van der Waals surface area contributed by atoms with Gasteiger partial charge in [0.2, 0.25) is 0 Å². The molecule has 1 aromatic heterocycles. The van der Waals surface area contributed by atoms with E-state index in [1.54, 1.807) is 0 Å². The summed E-state index contributed by atoms with van der Waals surface area (Å²) in [5.74, 6) is 0.490. The van der Waals surface area contributed by atoms with Gasteiger partial charge in [0.15, 0.2) is 0 Å². The Morgan fingerprint density at radius 3 is 2.78 bits per heavy atom. The third-order valence-corrected chi connectivity index (χ3v) is 3.71. The van der Waals surface area contributed by atoms with Gasteiger partial charge in [0.1, 0.15) is 0 Å². The van der Waals surface area contributed by atoms with Crippen LogP contribution in [0.25, 0.3) is 5.69 Å². The molecule has 4 nitrogen and oxygen atoms in total. The fourth-order valence-corrected chi connectivity index (χ4v) is 2.79. The number of aromatic nitrogens is 3. The first-order chi connectivity index (χ1) is 8.84. The number of rotatable bonds is 2. The molecule has 3 rings (SSSR count). The van der Waals surface area contributed by atoms with Crippen LogP contribution < -0.4 is 5.73 Å². The summed E-state index contributed by atoms with van der Waals surface area (Å²) in [6.45, 7) is 0. The highest BCUT2D eigenvalue weighted by Crippen LogP contribution is 2.32. The zero-order valence-electron chi connectivity index (χ0n) is 10.4. The van der Waals surface area contributed by atoms with Gasteiger partial charge < -0.3 is 5.73 Å². The van der Waals surface area contributed by atoms with Gasteiger partial charge in [-0.2, -0.15) is 0 Å². The Balaban J connectivity index is 1.92. The van der Waals surface area contributed by atoms with Gasteiger partial charge in [0.05, 0.1) is 17.6 Å². The standard InChI is InChI=1S/C14H18N4/c15-12-6-4-5-11(9-12)14-10-16-17-18(14)13-7-2-1-3-8-13/h1-3,7-8,10-12H,4-6,9,15H2. The maximum absolute atomic E-state index is 6.07. The van der Waals surface area contributed by atoms with Crippen LogP contribution in [0.5, 0.6) is 0 Å². The second-order valence-corrected chi connectivity index (χ2v) is 5.03. The van der Waals surface area contributed by atoms with E-state index in [9.17, 15) is 0 Å². The third-order valence-electron chi connectivity index (χ3n) is 3.71. The van der Waals surface area contributed by atoms with Crippen LogP contribution in [0.4, 0.5) is 0 Å². The van der Waals surface area contributed by atoms with Crippen molar-refractivity contribution in [1.29, 1.82) is 0 Å². The first kappa shape index (κ1) is 11.4. The zero-order chi connectivity index (χ0) is 12.4. The van der Waals surface area contributed by atoms with Crippen molar-refractivity contribution in [3.63, 3.8) is 0 Å². The Hall–Kier alpha value is -1.68. The quantitative estimate of drug-likeness (QED) is 0.878. The largest absolute Gasteiger partial charge is 0.328 e. The van der Waals surface area contributed by atoms with Crippen molar-refractivity contribution in [3.05, 3.63) is 42.2 Å². The highest BCUT2D eigenvalue weighted by atomic mass is 15.4. The lowest BCUT2D eigenvalue weighted by molar-refractivity contribution is 0.383. The van der Waals surface area contributed by atoms with Crippen molar-refractivity contribution >= 4 is 0 Å². The smallest absolute Gasteiger partial charge is 0.0732 e. The van der Waals surface area contributed by atoms with E-state index in [2.05, 4.69) is 22.4 Å². The Morgan fingerprint density at radius 1 is 1.17 bits per heavy atom. The zero-order valence-corrected chi connectivity index (χ0v) is 10.4. The van der Waals surface area contributed by atoms with Gasteiger partial charge in [-0.15, -0.1) is 5.10 Å². The van der Waals surface area contributed by atoms with Crippen molar-refractivity contribution in [2.75, 3.05) is 0 Å². The molecule has 1 aliphatic rings. The maximum Gasteiger partial charge on any atom is 0.0732 e. The molecule has 2 aromatic rings. The molecule has 2 atom stereocenters. The fourth-order valence-electron chi connectivity index (χ4n) is 2.79. The van der Waals surface area contributed by atoms with Crippen LogP contribution in [0.3, 0.4) is 0 Å². The molecule has 1 fully saturated rings. The normalized spacial score (nSPS) is 24.1. The van der Waals surface area contributed by atoms with Gasteiger partial charge in [0, 0.05) is 12.0 Å². The van der Waals surface area contributed by atoms with Gasteiger partial charge in [-0.1, -0.05) is 29.8 Å². The van der Waals surface area contributed by atoms with E-state index in [1.807, 2.05) is 29.1 Å². The molecule has 1 heterocycles. The van der Waals surface area contributed by atoms with Gasteiger partial charge in [-0.25, -0.2) is 4.68 Å². The molecule has 2 N–H and O–H groups in total. The summed E-state index contributed by atoms with van der Waals surface area (Å²) >= 11 is 0. The van der Waals surface area contributed by atoms with E-state index in [0.717, 1.165) is 18.5 Å². The van der Waals surface area contributed by atoms with E-state index in [0.29, 0.717) is 12.0 Å². The summed E-state index contributed by atoms with van der Waals surface area (Å²) < 4.78 is 1.95. The van der Waals surface area contributed by atoms with E-state index in [-0.39, 0.29) is 0 Å². The number of nitrogens with zero attached hydrogens (tertiary/aromatic N) is 3. The highest BCUT2D eigenvalue weighted by molar-refractivity contribution is 5.32. The lowest BCUT2D eigenvalue weighted by atomic mass is 9.84. The molecular formula is C14H18N4. The van der Waals surface area contributed by atoms with Crippen molar-refractivity contribution in [2.24, 2.45) is 5.73 Å². The minimum Gasteiger partial charge on any atom is -0.328 e. The van der Waals surface area contributed by atoms with Crippen molar-refractivity contribution in [1.82, 2.24) is 15.0 Å². The fraction of sp³-hybridized carbons (Fsp3) is 0.429. The molecule has 94 valence electrons. The first-order valence-corrected chi connectivity index (χ1v) is 6.56. The number of benzene rings is 1. The average Bonchev–Trinajstić information content (AvgIpc) is 2.89. The van der Waals surface area contributed by atoms with Crippen LogP contribution in [-0.2, 0) is 0 Å². The monoisotopic (exact) mass is 242 g/mol. The van der Waals surface area contributed by atoms with Crippen LogP contribution in [0.15, 0.2) is 36.5 Å². The molecule has 0 aliphatic heterocycles. The Bertz CT molecular complexity index is 506. The van der Waals surface area contributed by atoms with Crippen LogP contribution in [0.2, 0.25) is 0 Å². The number of nitrogens with two attached hydrogens (primary N) is 1. The van der Waals surface area contributed by atoms with Gasteiger partial charge >= 0.3 is 0 Å². The molecule has 1 aliphatic carbocycles. The third kappa shape index (κ3) is 2.16. The number of para-hydroxylation sites is 1. The minimum absolute atomic E-state index is 0.322. The van der Waals surface area contributed by atoms with Crippen LogP contribution >= 0.6 is 0 Å². The first-order valence-electron chi connectivity index (χ1n) is 6.56. The van der Waals surface area contributed by atoms with E-state index < -0.39 is 0 Å². The lowest BCUT2D eigenvalue weighted by Gasteiger charge is -2.26. The van der Waals surface area contributed by atoms with Crippen LogP contribution in [0.1, 0.15) is 37.3 Å². The Morgan fingerprint density at radius 2 is 2.00 bits per heavy atom. The highest BCUT2D eigenvalue weighted by Gasteiger charge is 2.24. The van der Waals surface area contributed by atoms with Crippen molar-refractivity contribution in [2.45, 2.75) is 37.6 Å². The summed E-state index contributed by atoms with van der Waals surface area (Å²) in [5.41, 5.74) is 8.33. The van der Waals surface area contributed by atoms with Gasteiger partial charge in [-0.05, 0) is 31.4 Å². The number of hydrogen-bond acceptors (Lipinski definition) is 3. The molecule has 0 saturated heterocycles. The predicted molar refractivity (Wildman–Crippen MR) is 70.5 cm³/mol. The van der Waals surface area contributed by atoms with E-state index >= 15 is 0 Å². The lowest BCUT2D eigenvalue weighted by Crippen LogP contribution is -2.27. The molecule has 0 amide bonds. The Labute approximate surface area is 107 Å². The average molecular weight is 242 g/mol. The second kappa shape index (κ2) is 4.90. The van der Waals surface area contributed by atoms with Gasteiger partial charge in [0.25, 0.3) is 0 Å². The maximum atomic E-state index is 6.07. The Kier molecular flexibility index (Phi) is 3.11. The second-order valence-electron chi connectivity index (χ2n) is 5.03. The molecule has 0 radical (unpaired) electrons. The summed E-state index contributed by atoms with van der Waals surface area (Å²) in [5, 5.41) is 8.28. The topological polar surface area (TPSA) is 56.7 Å². The summed E-state index contributed by atoms with van der Waals surface area (Å²) in [6, 6.07) is 10.5. The van der Waals surface area contributed by atoms with E-state index in [1.165, 1.54) is 18.5 Å². The molecule has 18 heavy (non-hydrogen) atoms. The van der Waals surface area contributed by atoms with Crippen LogP contribution in [-0.4, -0.2) is 21.0 Å². The molecule has 1 aromatic carbocycles. The SMILES string of the molecule is NC1CCCC(c2cnnn2-c2ccccc2)C1.